The normalized spacial score (nSPS) is 25.1. The Hall–Kier alpha value is -0.390. The molecular weight excluding hydrogens is 284 g/mol. The molecule has 1 aliphatic carbocycles. The summed E-state index contributed by atoms with van der Waals surface area (Å²) in [6.45, 7) is 1.43. The molecule has 0 aromatic carbocycles. The number of hydrogen-bond acceptors (Lipinski definition) is 3. The molecule has 1 saturated carbocycles. The van der Waals surface area contributed by atoms with E-state index in [1.54, 1.807) is 7.11 Å². The fourth-order valence-corrected chi connectivity index (χ4v) is 3.17. The fourth-order valence-electron chi connectivity index (χ4n) is 2.55. The average Bonchev–Trinajstić information content (AvgIpc) is 2.68. The van der Waals surface area contributed by atoms with Crippen molar-refractivity contribution in [2.75, 3.05) is 13.7 Å². The molecule has 1 fully saturated rings. The summed E-state index contributed by atoms with van der Waals surface area (Å²) in [7, 11) is 1.70. The summed E-state index contributed by atoms with van der Waals surface area (Å²) >= 11 is 3.56. The Morgan fingerprint density at radius 2 is 2.41 bits per heavy atom. The van der Waals surface area contributed by atoms with E-state index in [9.17, 15) is 5.11 Å². The molecule has 96 valence electrons. The minimum Gasteiger partial charge on any atom is -0.393 e. The van der Waals surface area contributed by atoms with Gasteiger partial charge in [-0.15, -0.1) is 0 Å². The molecule has 0 amide bonds. The second-order valence-corrected chi connectivity index (χ2v) is 5.47. The Bertz CT molecular complexity index is 367. The van der Waals surface area contributed by atoms with Gasteiger partial charge in [0.15, 0.2) is 0 Å². The van der Waals surface area contributed by atoms with E-state index < -0.39 is 0 Å². The monoisotopic (exact) mass is 302 g/mol. The first-order chi connectivity index (χ1) is 8.22. The molecule has 5 heteroatoms. The smallest absolute Gasteiger partial charge is 0.0658 e. The van der Waals surface area contributed by atoms with Crippen LogP contribution >= 0.6 is 15.9 Å². The SMILES string of the molecule is COCCn1ncc(Br)c1C1CCCC(O)C1. The topological polar surface area (TPSA) is 47.3 Å². The van der Waals surface area contributed by atoms with Crippen molar-refractivity contribution in [2.24, 2.45) is 0 Å². The van der Waals surface area contributed by atoms with Crippen molar-refractivity contribution in [3.05, 3.63) is 16.4 Å². The first kappa shape index (κ1) is 13.1. The number of aliphatic hydroxyl groups excluding tert-OH is 1. The maximum absolute atomic E-state index is 9.77. The quantitative estimate of drug-likeness (QED) is 0.928. The van der Waals surface area contributed by atoms with Gasteiger partial charge in [0.1, 0.15) is 0 Å². The summed E-state index contributed by atoms with van der Waals surface area (Å²) < 4.78 is 8.14. The average molecular weight is 303 g/mol. The van der Waals surface area contributed by atoms with Crippen LogP contribution in [0.25, 0.3) is 0 Å². The second-order valence-electron chi connectivity index (χ2n) is 4.61. The predicted molar refractivity (Wildman–Crippen MR) is 69.0 cm³/mol. The van der Waals surface area contributed by atoms with Gasteiger partial charge in [-0.05, 0) is 35.2 Å². The van der Waals surface area contributed by atoms with E-state index in [2.05, 4.69) is 21.0 Å². The van der Waals surface area contributed by atoms with Crippen molar-refractivity contribution < 1.29 is 9.84 Å². The Balaban J connectivity index is 2.14. The fraction of sp³-hybridized carbons (Fsp3) is 0.750. The first-order valence-corrected chi connectivity index (χ1v) is 6.90. The van der Waals surface area contributed by atoms with Gasteiger partial charge in [-0.3, -0.25) is 4.68 Å². The summed E-state index contributed by atoms with van der Waals surface area (Å²) in [5.74, 6) is 0.410. The molecule has 0 spiro atoms. The maximum Gasteiger partial charge on any atom is 0.0658 e. The highest BCUT2D eigenvalue weighted by Crippen LogP contribution is 2.36. The molecule has 0 bridgehead atoms. The highest BCUT2D eigenvalue weighted by atomic mass is 79.9. The van der Waals surface area contributed by atoms with Gasteiger partial charge in [0.05, 0.1) is 35.6 Å². The molecule has 0 saturated heterocycles. The van der Waals surface area contributed by atoms with E-state index in [1.807, 2.05) is 10.9 Å². The number of aromatic nitrogens is 2. The number of methoxy groups -OCH3 is 1. The minimum absolute atomic E-state index is 0.161. The Morgan fingerprint density at radius 3 is 3.12 bits per heavy atom. The molecule has 2 unspecified atom stereocenters. The van der Waals surface area contributed by atoms with Gasteiger partial charge >= 0.3 is 0 Å². The number of hydrogen-bond donors (Lipinski definition) is 1. The van der Waals surface area contributed by atoms with E-state index in [0.29, 0.717) is 12.5 Å². The Kier molecular flexibility index (Phi) is 4.59. The number of ether oxygens (including phenoxy) is 1. The number of rotatable bonds is 4. The van der Waals surface area contributed by atoms with Gasteiger partial charge < -0.3 is 9.84 Å². The molecule has 1 aliphatic rings. The maximum atomic E-state index is 9.77. The zero-order valence-electron chi connectivity index (χ0n) is 10.1. The van der Waals surface area contributed by atoms with Crippen LogP contribution < -0.4 is 0 Å². The van der Waals surface area contributed by atoms with E-state index in [0.717, 1.165) is 36.7 Å². The van der Waals surface area contributed by atoms with Crippen LogP contribution in [0, 0.1) is 0 Å². The molecule has 2 rings (SSSR count). The summed E-state index contributed by atoms with van der Waals surface area (Å²) in [6.07, 6.45) is 5.68. The molecule has 1 aromatic heterocycles. The van der Waals surface area contributed by atoms with Gasteiger partial charge in [-0.1, -0.05) is 6.42 Å². The lowest BCUT2D eigenvalue weighted by Gasteiger charge is -2.26. The highest BCUT2D eigenvalue weighted by Gasteiger charge is 2.26. The lowest BCUT2D eigenvalue weighted by atomic mass is 9.85. The van der Waals surface area contributed by atoms with Crippen molar-refractivity contribution in [1.29, 1.82) is 0 Å². The minimum atomic E-state index is -0.161. The standard InChI is InChI=1S/C12H19BrN2O2/c1-17-6-5-15-12(11(13)8-14-15)9-3-2-4-10(16)7-9/h8-10,16H,2-7H2,1H3. The molecule has 2 atom stereocenters. The second kappa shape index (κ2) is 5.98. The lowest BCUT2D eigenvalue weighted by Crippen LogP contribution is -2.21. The summed E-state index contributed by atoms with van der Waals surface area (Å²) in [5, 5.41) is 14.1. The number of aliphatic hydroxyl groups is 1. The van der Waals surface area contributed by atoms with Crippen LogP contribution in [0.3, 0.4) is 0 Å². The van der Waals surface area contributed by atoms with Gasteiger partial charge in [-0.2, -0.15) is 5.10 Å². The largest absolute Gasteiger partial charge is 0.393 e. The van der Waals surface area contributed by atoms with Crippen LogP contribution in [0.2, 0.25) is 0 Å². The summed E-state index contributed by atoms with van der Waals surface area (Å²) in [6, 6.07) is 0. The molecular formula is C12H19BrN2O2. The van der Waals surface area contributed by atoms with Gasteiger partial charge in [0, 0.05) is 13.0 Å². The van der Waals surface area contributed by atoms with Crippen molar-refractivity contribution >= 4 is 15.9 Å². The summed E-state index contributed by atoms with van der Waals surface area (Å²) in [5.41, 5.74) is 1.21. The van der Waals surface area contributed by atoms with Gasteiger partial charge in [-0.25, -0.2) is 0 Å². The molecule has 0 aliphatic heterocycles. The van der Waals surface area contributed by atoms with E-state index in [1.165, 1.54) is 5.69 Å². The lowest BCUT2D eigenvalue weighted by molar-refractivity contribution is 0.116. The zero-order chi connectivity index (χ0) is 12.3. The van der Waals surface area contributed by atoms with E-state index >= 15 is 0 Å². The van der Waals surface area contributed by atoms with Crippen LogP contribution in [0.4, 0.5) is 0 Å². The number of halogens is 1. The van der Waals surface area contributed by atoms with Crippen molar-refractivity contribution in [3.8, 4) is 0 Å². The molecule has 0 radical (unpaired) electrons. The molecule has 1 N–H and O–H groups in total. The van der Waals surface area contributed by atoms with Crippen LogP contribution in [0.15, 0.2) is 10.7 Å². The first-order valence-electron chi connectivity index (χ1n) is 6.10. The van der Waals surface area contributed by atoms with Crippen LogP contribution in [-0.2, 0) is 11.3 Å². The van der Waals surface area contributed by atoms with Crippen molar-refractivity contribution in [3.63, 3.8) is 0 Å². The molecule has 4 nitrogen and oxygen atoms in total. The van der Waals surface area contributed by atoms with E-state index in [-0.39, 0.29) is 6.10 Å². The highest BCUT2D eigenvalue weighted by molar-refractivity contribution is 9.10. The number of nitrogens with zero attached hydrogens (tertiary/aromatic N) is 2. The van der Waals surface area contributed by atoms with Crippen LogP contribution in [-0.4, -0.2) is 34.7 Å². The Labute approximate surface area is 110 Å². The van der Waals surface area contributed by atoms with Crippen molar-refractivity contribution in [1.82, 2.24) is 9.78 Å². The van der Waals surface area contributed by atoms with E-state index in [4.69, 9.17) is 4.74 Å². The van der Waals surface area contributed by atoms with Gasteiger partial charge in [0.25, 0.3) is 0 Å². The summed E-state index contributed by atoms with van der Waals surface area (Å²) in [4.78, 5) is 0. The van der Waals surface area contributed by atoms with Crippen molar-refractivity contribution in [2.45, 2.75) is 44.2 Å². The van der Waals surface area contributed by atoms with Crippen LogP contribution in [0.1, 0.15) is 37.3 Å². The third-order valence-electron chi connectivity index (χ3n) is 3.37. The third-order valence-corrected chi connectivity index (χ3v) is 3.98. The zero-order valence-corrected chi connectivity index (χ0v) is 11.7. The van der Waals surface area contributed by atoms with Gasteiger partial charge in [0.2, 0.25) is 0 Å². The Morgan fingerprint density at radius 1 is 1.59 bits per heavy atom. The predicted octanol–water partition coefficient (Wildman–Crippen LogP) is 2.31. The van der Waals surface area contributed by atoms with Crippen LogP contribution in [0.5, 0.6) is 0 Å². The molecule has 1 heterocycles. The molecule has 1 aromatic rings. The third kappa shape index (κ3) is 3.09. The molecule has 17 heavy (non-hydrogen) atoms.